The van der Waals surface area contributed by atoms with Gasteiger partial charge in [0.1, 0.15) is 11.9 Å². The van der Waals surface area contributed by atoms with Crippen LogP contribution in [0.25, 0.3) is 0 Å². The lowest BCUT2D eigenvalue weighted by Crippen LogP contribution is -2.29. The Morgan fingerprint density at radius 1 is 1.18 bits per heavy atom. The third kappa shape index (κ3) is 2.79. The van der Waals surface area contributed by atoms with Crippen LogP contribution in [0.15, 0.2) is 18.2 Å². The molecule has 2 atom stereocenters. The van der Waals surface area contributed by atoms with Gasteiger partial charge in [0, 0.05) is 0 Å². The summed E-state index contributed by atoms with van der Waals surface area (Å²) in [6, 6.07) is 8.53. The molecule has 2 unspecified atom stereocenters. The predicted octanol–water partition coefficient (Wildman–Crippen LogP) is 3.76. The zero-order valence-corrected chi connectivity index (χ0v) is 10.6. The fourth-order valence-corrected chi connectivity index (χ4v) is 2.35. The molecule has 0 saturated heterocycles. The molecule has 0 bridgehead atoms. The first-order valence-electron chi connectivity index (χ1n) is 6.34. The molecule has 0 spiro atoms. The number of rotatable bonds is 2. The molecule has 0 aliphatic heterocycles. The zero-order valence-electron chi connectivity index (χ0n) is 10.6. The summed E-state index contributed by atoms with van der Waals surface area (Å²) in [5.41, 5.74) is 2.52. The number of benzene rings is 1. The number of aryl methyl sites for hydroxylation is 2. The van der Waals surface area contributed by atoms with Crippen LogP contribution in [-0.4, -0.2) is 6.10 Å². The fourth-order valence-electron chi connectivity index (χ4n) is 2.35. The molecule has 2 rings (SSSR count). The van der Waals surface area contributed by atoms with Gasteiger partial charge in [0.05, 0.1) is 12.0 Å². The molecule has 1 aromatic rings. The maximum atomic E-state index is 9.11. The van der Waals surface area contributed by atoms with Crippen LogP contribution >= 0.6 is 0 Å². The second-order valence-electron chi connectivity index (χ2n) is 4.92. The first-order valence-corrected chi connectivity index (χ1v) is 6.34. The van der Waals surface area contributed by atoms with Gasteiger partial charge in [0.25, 0.3) is 0 Å². The monoisotopic (exact) mass is 229 g/mol. The van der Waals surface area contributed by atoms with Crippen LogP contribution in [-0.2, 0) is 0 Å². The van der Waals surface area contributed by atoms with Crippen molar-refractivity contribution in [1.29, 1.82) is 5.26 Å². The number of hydrogen-bond donors (Lipinski definition) is 0. The number of nitrogens with zero attached hydrogens (tertiary/aromatic N) is 1. The summed E-state index contributed by atoms with van der Waals surface area (Å²) in [4.78, 5) is 0. The van der Waals surface area contributed by atoms with Crippen molar-refractivity contribution in [2.24, 2.45) is 5.92 Å². The highest BCUT2D eigenvalue weighted by Crippen LogP contribution is 2.28. The minimum Gasteiger partial charge on any atom is -0.489 e. The maximum absolute atomic E-state index is 9.11. The topological polar surface area (TPSA) is 33.0 Å². The molecule has 90 valence electrons. The Morgan fingerprint density at radius 3 is 2.65 bits per heavy atom. The van der Waals surface area contributed by atoms with Crippen molar-refractivity contribution >= 4 is 0 Å². The summed E-state index contributed by atoms with van der Waals surface area (Å²) < 4.78 is 5.97. The standard InChI is InChI=1S/C15H19NO/c1-11-7-8-14(9-12(11)2)17-15-6-4-3-5-13(15)10-16/h7-9,13,15H,3-6H2,1-2H3. The third-order valence-electron chi connectivity index (χ3n) is 3.63. The van der Waals surface area contributed by atoms with Crippen LogP contribution in [0.2, 0.25) is 0 Å². The van der Waals surface area contributed by atoms with Crippen LogP contribution in [0.4, 0.5) is 0 Å². The first-order chi connectivity index (χ1) is 8.20. The van der Waals surface area contributed by atoms with E-state index in [1.165, 1.54) is 17.5 Å². The third-order valence-corrected chi connectivity index (χ3v) is 3.63. The van der Waals surface area contributed by atoms with Gasteiger partial charge >= 0.3 is 0 Å². The molecular weight excluding hydrogens is 210 g/mol. The molecule has 0 N–H and O–H groups in total. The van der Waals surface area contributed by atoms with Crippen molar-refractivity contribution in [3.05, 3.63) is 29.3 Å². The summed E-state index contributed by atoms with van der Waals surface area (Å²) in [7, 11) is 0. The Morgan fingerprint density at radius 2 is 1.94 bits per heavy atom. The van der Waals surface area contributed by atoms with E-state index < -0.39 is 0 Å². The van der Waals surface area contributed by atoms with Gasteiger partial charge in [-0.2, -0.15) is 5.26 Å². The van der Waals surface area contributed by atoms with Crippen LogP contribution in [0.5, 0.6) is 5.75 Å². The molecule has 1 aliphatic carbocycles. The lowest BCUT2D eigenvalue weighted by molar-refractivity contribution is 0.120. The molecule has 1 aromatic carbocycles. The average Bonchev–Trinajstić information content (AvgIpc) is 2.34. The largest absolute Gasteiger partial charge is 0.489 e. The fraction of sp³-hybridized carbons (Fsp3) is 0.533. The van der Waals surface area contributed by atoms with E-state index in [4.69, 9.17) is 10.00 Å². The minimum absolute atomic E-state index is 0.0605. The Bertz CT molecular complexity index is 433. The number of hydrogen-bond acceptors (Lipinski definition) is 2. The molecule has 1 fully saturated rings. The van der Waals surface area contributed by atoms with Crippen molar-refractivity contribution in [3.63, 3.8) is 0 Å². The van der Waals surface area contributed by atoms with E-state index >= 15 is 0 Å². The molecule has 0 radical (unpaired) electrons. The normalized spacial score (nSPS) is 24.1. The average molecular weight is 229 g/mol. The van der Waals surface area contributed by atoms with Crippen molar-refractivity contribution in [2.45, 2.75) is 45.6 Å². The van der Waals surface area contributed by atoms with E-state index in [2.05, 4.69) is 32.0 Å². The van der Waals surface area contributed by atoms with Crippen LogP contribution in [0.3, 0.4) is 0 Å². The second-order valence-corrected chi connectivity index (χ2v) is 4.92. The van der Waals surface area contributed by atoms with Crippen molar-refractivity contribution < 1.29 is 4.74 Å². The van der Waals surface area contributed by atoms with Crippen molar-refractivity contribution in [1.82, 2.24) is 0 Å². The highest BCUT2D eigenvalue weighted by atomic mass is 16.5. The molecule has 17 heavy (non-hydrogen) atoms. The smallest absolute Gasteiger partial charge is 0.120 e. The Kier molecular flexibility index (Phi) is 3.68. The molecule has 2 heteroatoms. The van der Waals surface area contributed by atoms with Gasteiger partial charge in [0.15, 0.2) is 0 Å². The summed E-state index contributed by atoms with van der Waals surface area (Å²) in [5.74, 6) is 0.964. The Balaban J connectivity index is 2.09. The molecule has 0 amide bonds. The molecule has 0 aromatic heterocycles. The van der Waals surface area contributed by atoms with Crippen LogP contribution in [0, 0.1) is 31.1 Å². The maximum Gasteiger partial charge on any atom is 0.120 e. The van der Waals surface area contributed by atoms with E-state index in [-0.39, 0.29) is 12.0 Å². The van der Waals surface area contributed by atoms with Gasteiger partial charge in [-0.25, -0.2) is 0 Å². The SMILES string of the molecule is Cc1ccc(OC2CCCCC2C#N)cc1C. The minimum atomic E-state index is 0.0605. The van der Waals surface area contributed by atoms with Gasteiger partial charge < -0.3 is 4.74 Å². The zero-order chi connectivity index (χ0) is 12.3. The molecule has 1 aliphatic rings. The number of ether oxygens (including phenoxy) is 1. The van der Waals surface area contributed by atoms with Crippen molar-refractivity contribution in [2.75, 3.05) is 0 Å². The van der Waals surface area contributed by atoms with E-state index in [0.29, 0.717) is 0 Å². The highest BCUT2D eigenvalue weighted by molar-refractivity contribution is 5.34. The van der Waals surface area contributed by atoms with Crippen molar-refractivity contribution in [3.8, 4) is 11.8 Å². The van der Waals surface area contributed by atoms with E-state index in [1.807, 2.05) is 6.07 Å². The van der Waals surface area contributed by atoms with E-state index in [1.54, 1.807) is 0 Å². The summed E-state index contributed by atoms with van der Waals surface area (Å²) >= 11 is 0. The van der Waals surface area contributed by atoms with Crippen LogP contribution in [0.1, 0.15) is 36.8 Å². The molecule has 1 saturated carbocycles. The van der Waals surface area contributed by atoms with E-state index in [0.717, 1.165) is 25.0 Å². The summed E-state index contributed by atoms with van der Waals surface area (Å²) in [6.07, 6.45) is 4.39. The summed E-state index contributed by atoms with van der Waals surface area (Å²) in [5, 5.41) is 9.11. The van der Waals surface area contributed by atoms with E-state index in [9.17, 15) is 0 Å². The van der Waals surface area contributed by atoms with Gasteiger partial charge in [0.2, 0.25) is 0 Å². The molecule has 2 nitrogen and oxygen atoms in total. The van der Waals surface area contributed by atoms with Gasteiger partial charge in [-0.1, -0.05) is 12.5 Å². The van der Waals surface area contributed by atoms with Gasteiger partial charge in [-0.05, 0) is 56.4 Å². The van der Waals surface area contributed by atoms with Gasteiger partial charge in [-0.15, -0.1) is 0 Å². The Hall–Kier alpha value is -1.49. The lowest BCUT2D eigenvalue weighted by atomic mass is 9.87. The molecule has 0 heterocycles. The quantitative estimate of drug-likeness (QED) is 0.773. The van der Waals surface area contributed by atoms with Crippen LogP contribution < -0.4 is 4.74 Å². The Labute approximate surface area is 103 Å². The second kappa shape index (κ2) is 5.23. The molecular formula is C15H19NO. The first kappa shape index (κ1) is 12.0. The lowest BCUT2D eigenvalue weighted by Gasteiger charge is -2.27. The van der Waals surface area contributed by atoms with Gasteiger partial charge in [-0.3, -0.25) is 0 Å². The summed E-state index contributed by atoms with van der Waals surface area (Å²) in [6.45, 7) is 4.18. The number of nitriles is 1. The predicted molar refractivity (Wildman–Crippen MR) is 67.9 cm³/mol. The highest BCUT2D eigenvalue weighted by Gasteiger charge is 2.26.